The summed E-state index contributed by atoms with van der Waals surface area (Å²) in [5.41, 5.74) is 0.571. The van der Waals surface area contributed by atoms with Crippen LogP contribution in [0.1, 0.15) is 18.0 Å². The maximum atomic E-state index is 13.5. The Morgan fingerprint density at radius 3 is 2.82 bits per heavy atom. The molecule has 1 aromatic carbocycles. The molecule has 0 unspecified atom stereocenters. The molecule has 0 spiro atoms. The highest BCUT2D eigenvalue weighted by atomic mass is 19.2. The molecule has 1 saturated heterocycles. The zero-order chi connectivity index (χ0) is 15.7. The molecule has 1 aromatic heterocycles. The Balaban J connectivity index is 1.96. The number of β-amino-alcohol motifs (C(OH)–C–C–N with tert-alkyl or cyclic N) is 1. The number of aliphatic hydroxyl groups excluding tert-OH is 1. The molecule has 0 aliphatic carbocycles. The van der Waals surface area contributed by atoms with Gasteiger partial charge in [0.2, 0.25) is 11.8 Å². The van der Waals surface area contributed by atoms with Crippen LogP contribution in [0.15, 0.2) is 30.5 Å². The van der Waals surface area contributed by atoms with E-state index in [4.69, 9.17) is 4.74 Å². The second-order valence-corrected chi connectivity index (χ2v) is 5.13. The van der Waals surface area contributed by atoms with E-state index >= 15 is 0 Å². The average Bonchev–Trinajstić information content (AvgIpc) is 2.92. The topological polar surface area (TPSA) is 58.5 Å². The summed E-state index contributed by atoms with van der Waals surface area (Å²) in [4.78, 5) is 10.2. The third-order valence-electron chi connectivity index (χ3n) is 3.69. The number of halogens is 2. The predicted octanol–water partition coefficient (Wildman–Crippen LogP) is 2.08. The van der Waals surface area contributed by atoms with Gasteiger partial charge in [0.1, 0.15) is 0 Å². The molecule has 5 nitrogen and oxygen atoms in total. The van der Waals surface area contributed by atoms with Crippen LogP contribution in [0.2, 0.25) is 0 Å². The fourth-order valence-electron chi connectivity index (χ4n) is 2.65. The van der Waals surface area contributed by atoms with Crippen LogP contribution in [-0.2, 0) is 0 Å². The molecular formula is C15H15F2N3O2. The molecule has 1 N–H and O–H groups in total. The minimum absolute atomic E-state index is 0.316. The van der Waals surface area contributed by atoms with E-state index in [1.807, 2.05) is 0 Å². The third kappa shape index (κ3) is 2.71. The third-order valence-corrected chi connectivity index (χ3v) is 3.69. The highest BCUT2D eigenvalue weighted by Gasteiger charge is 2.34. The SMILES string of the molecule is COc1ccnc(N2C[C@H](O)C[C@H]2c2ccc(F)c(F)c2)n1. The molecule has 116 valence electrons. The van der Waals surface area contributed by atoms with E-state index in [1.165, 1.54) is 13.2 Å². The highest BCUT2D eigenvalue weighted by molar-refractivity contribution is 5.40. The number of methoxy groups -OCH3 is 1. The fraction of sp³-hybridized carbons (Fsp3) is 0.333. The monoisotopic (exact) mass is 307 g/mol. The summed E-state index contributed by atoms with van der Waals surface area (Å²) < 4.78 is 31.6. The molecule has 2 atom stereocenters. The fourth-order valence-corrected chi connectivity index (χ4v) is 2.65. The van der Waals surface area contributed by atoms with Gasteiger partial charge in [-0.2, -0.15) is 4.98 Å². The number of aromatic nitrogens is 2. The van der Waals surface area contributed by atoms with E-state index < -0.39 is 17.7 Å². The summed E-state index contributed by atoms with van der Waals surface area (Å²) in [6.45, 7) is 0.316. The van der Waals surface area contributed by atoms with Crippen molar-refractivity contribution in [1.29, 1.82) is 0 Å². The second-order valence-electron chi connectivity index (χ2n) is 5.13. The van der Waals surface area contributed by atoms with Crippen LogP contribution in [-0.4, -0.2) is 34.8 Å². The summed E-state index contributed by atoms with van der Waals surface area (Å²) >= 11 is 0. The van der Waals surface area contributed by atoms with E-state index in [0.29, 0.717) is 30.4 Å². The maximum Gasteiger partial charge on any atom is 0.229 e. The molecule has 1 aliphatic heterocycles. The Kier molecular flexibility index (Phi) is 3.89. The van der Waals surface area contributed by atoms with Crippen LogP contribution >= 0.6 is 0 Å². The van der Waals surface area contributed by atoms with Gasteiger partial charge >= 0.3 is 0 Å². The van der Waals surface area contributed by atoms with Gasteiger partial charge in [0.25, 0.3) is 0 Å². The van der Waals surface area contributed by atoms with E-state index in [0.717, 1.165) is 12.1 Å². The second kappa shape index (κ2) is 5.84. The Hall–Kier alpha value is -2.28. The van der Waals surface area contributed by atoms with Gasteiger partial charge < -0.3 is 14.7 Å². The first-order valence-electron chi connectivity index (χ1n) is 6.85. The molecule has 0 radical (unpaired) electrons. The predicted molar refractivity (Wildman–Crippen MR) is 75.7 cm³/mol. The van der Waals surface area contributed by atoms with Gasteiger partial charge in [-0.3, -0.25) is 0 Å². The van der Waals surface area contributed by atoms with Crippen LogP contribution in [0.5, 0.6) is 5.88 Å². The van der Waals surface area contributed by atoms with Crippen LogP contribution in [0.4, 0.5) is 14.7 Å². The average molecular weight is 307 g/mol. The van der Waals surface area contributed by atoms with Crippen molar-refractivity contribution in [3.63, 3.8) is 0 Å². The first kappa shape index (κ1) is 14.6. The molecule has 0 saturated carbocycles. The lowest BCUT2D eigenvalue weighted by Gasteiger charge is -2.24. The lowest BCUT2D eigenvalue weighted by molar-refractivity contribution is 0.194. The minimum atomic E-state index is -0.912. The summed E-state index contributed by atoms with van der Waals surface area (Å²) in [5.74, 6) is -1.03. The Morgan fingerprint density at radius 2 is 2.09 bits per heavy atom. The Labute approximate surface area is 126 Å². The quantitative estimate of drug-likeness (QED) is 0.941. The van der Waals surface area contributed by atoms with Crippen molar-refractivity contribution in [2.45, 2.75) is 18.6 Å². The highest BCUT2D eigenvalue weighted by Crippen LogP contribution is 2.35. The number of anilines is 1. The molecule has 2 heterocycles. The maximum absolute atomic E-state index is 13.5. The van der Waals surface area contributed by atoms with Gasteiger partial charge in [-0.1, -0.05) is 6.07 Å². The summed E-state index contributed by atoms with van der Waals surface area (Å²) in [7, 11) is 1.50. The zero-order valence-corrected chi connectivity index (χ0v) is 11.9. The molecular weight excluding hydrogens is 292 g/mol. The lowest BCUT2D eigenvalue weighted by Crippen LogP contribution is -2.26. The van der Waals surface area contributed by atoms with Crippen molar-refractivity contribution in [3.05, 3.63) is 47.7 Å². The smallest absolute Gasteiger partial charge is 0.229 e. The summed E-state index contributed by atoms with van der Waals surface area (Å²) in [5, 5.41) is 9.95. The number of rotatable bonds is 3. The van der Waals surface area contributed by atoms with E-state index in [9.17, 15) is 13.9 Å². The van der Waals surface area contributed by atoms with Crippen molar-refractivity contribution < 1.29 is 18.6 Å². The van der Waals surface area contributed by atoms with E-state index in [-0.39, 0.29) is 6.04 Å². The van der Waals surface area contributed by atoms with Crippen molar-refractivity contribution in [1.82, 2.24) is 9.97 Å². The van der Waals surface area contributed by atoms with Gasteiger partial charge in [-0.05, 0) is 24.1 Å². The first-order chi connectivity index (χ1) is 10.6. The molecule has 1 fully saturated rings. The van der Waals surface area contributed by atoms with Gasteiger partial charge in [-0.15, -0.1) is 0 Å². The molecule has 0 bridgehead atoms. The number of hydrogen-bond donors (Lipinski definition) is 1. The molecule has 7 heteroatoms. The van der Waals surface area contributed by atoms with Crippen LogP contribution < -0.4 is 9.64 Å². The number of nitrogens with zero attached hydrogens (tertiary/aromatic N) is 3. The normalized spacial score (nSPS) is 21.2. The Bertz CT molecular complexity index is 684. The molecule has 2 aromatic rings. The van der Waals surface area contributed by atoms with Gasteiger partial charge in [0.05, 0.1) is 19.3 Å². The molecule has 1 aliphatic rings. The molecule has 0 amide bonds. The minimum Gasteiger partial charge on any atom is -0.481 e. The van der Waals surface area contributed by atoms with Crippen molar-refractivity contribution in [2.75, 3.05) is 18.6 Å². The van der Waals surface area contributed by atoms with Crippen LogP contribution in [0.3, 0.4) is 0 Å². The Morgan fingerprint density at radius 1 is 1.27 bits per heavy atom. The number of aliphatic hydroxyl groups is 1. The number of benzene rings is 1. The molecule has 22 heavy (non-hydrogen) atoms. The van der Waals surface area contributed by atoms with Gasteiger partial charge in [0.15, 0.2) is 11.6 Å². The first-order valence-corrected chi connectivity index (χ1v) is 6.85. The van der Waals surface area contributed by atoms with E-state index in [1.54, 1.807) is 17.2 Å². The van der Waals surface area contributed by atoms with E-state index in [2.05, 4.69) is 9.97 Å². The van der Waals surface area contributed by atoms with Crippen LogP contribution in [0, 0.1) is 11.6 Å². The van der Waals surface area contributed by atoms with Crippen LogP contribution in [0.25, 0.3) is 0 Å². The summed E-state index contributed by atoms with van der Waals surface area (Å²) in [6.07, 6.45) is 1.35. The zero-order valence-electron chi connectivity index (χ0n) is 11.9. The number of hydrogen-bond acceptors (Lipinski definition) is 5. The lowest BCUT2D eigenvalue weighted by atomic mass is 10.0. The molecule has 3 rings (SSSR count). The summed E-state index contributed by atoms with van der Waals surface area (Å²) in [6, 6.07) is 5.03. The van der Waals surface area contributed by atoms with Gasteiger partial charge in [0, 0.05) is 18.8 Å². The standard InChI is InChI=1S/C15H15F2N3O2/c1-22-14-4-5-18-15(19-14)20-8-10(21)7-13(20)9-2-3-11(16)12(17)6-9/h2-6,10,13,21H,7-8H2,1H3/t10-,13+/m1/s1. The van der Waals surface area contributed by atoms with Gasteiger partial charge in [-0.25, -0.2) is 13.8 Å². The van der Waals surface area contributed by atoms with Crippen molar-refractivity contribution in [3.8, 4) is 5.88 Å². The number of ether oxygens (including phenoxy) is 1. The van der Waals surface area contributed by atoms with Crippen molar-refractivity contribution in [2.24, 2.45) is 0 Å². The van der Waals surface area contributed by atoms with Crippen molar-refractivity contribution >= 4 is 5.95 Å². The largest absolute Gasteiger partial charge is 0.481 e.